The van der Waals surface area contributed by atoms with Gasteiger partial charge >= 0.3 is 0 Å². The van der Waals surface area contributed by atoms with Gasteiger partial charge in [-0.3, -0.25) is 0 Å². The molecule has 0 nitrogen and oxygen atoms in total. The topological polar surface area (TPSA) is 0 Å². The fourth-order valence-corrected chi connectivity index (χ4v) is 11.6. The fraction of sp³-hybridized carbons (Fsp3) is 0.0968. The average molecular weight is 789 g/mol. The van der Waals surface area contributed by atoms with E-state index in [-0.39, 0.29) is 10.8 Å². The molecule has 0 heterocycles. The van der Waals surface area contributed by atoms with Gasteiger partial charge in [0.15, 0.2) is 0 Å². The molecule has 0 bridgehead atoms. The van der Waals surface area contributed by atoms with E-state index in [4.69, 9.17) is 0 Å². The molecule has 3 aliphatic rings. The molecule has 0 amide bonds. The van der Waals surface area contributed by atoms with Crippen LogP contribution in [-0.2, 0) is 10.8 Å². The Morgan fingerprint density at radius 3 is 1.29 bits per heavy atom. The predicted molar refractivity (Wildman–Crippen MR) is 263 cm³/mol. The van der Waals surface area contributed by atoms with Gasteiger partial charge < -0.3 is 0 Å². The van der Waals surface area contributed by atoms with E-state index in [1.54, 1.807) is 0 Å². The molecule has 0 fully saturated rings. The molecule has 10 aromatic rings. The summed E-state index contributed by atoms with van der Waals surface area (Å²) in [4.78, 5) is 0. The van der Waals surface area contributed by atoms with Crippen molar-refractivity contribution in [3.05, 3.63) is 216 Å². The van der Waals surface area contributed by atoms with Crippen molar-refractivity contribution < 1.29 is 0 Å². The van der Waals surface area contributed by atoms with Gasteiger partial charge in [-0.25, -0.2) is 0 Å². The highest BCUT2D eigenvalue weighted by atomic mass is 14.4. The standard InChI is InChI=1S/C62H44/c1-61(2)54-18-8-7-15-47(54)48-31-28-43(35-55(48)61)44-29-32-50-49-30-27-42(34-56(49)62(3,4)57(50)36-44)39-21-19-37(20-22-39)38-23-25-41(26-24-38)59-46-14-6-5-11-45(46)33-53-51-16-9-12-40-13-10-17-52(58(40)51)60(53)59/h5-36H,1-4H3. The maximum absolute atomic E-state index is 2.46. The van der Waals surface area contributed by atoms with Gasteiger partial charge in [0.2, 0.25) is 0 Å². The third-order valence-electron chi connectivity index (χ3n) is 14.8. The lowest BCUT2D eigenvalue weighted by Crippen LogP contribution is -2.15. The zero-order valence-corrected chi connectivity index (χ0v) is 35.5. The molecule has 0 saturated carbocycles. The van der Waals surface area contributed by atoms with E-state index in [0.717, 1.165) is 0 Å². The van der Waals surface area contributed by atoms with Crippen molar-refractivity contribution >= 4 is 21.5 Å². The highest BCUT2D eigenvalue weighted by Gasteiger charge is 2.37. The minimum Gasteiger partial charge on any atom is -0.0619 e. The van der Waals surface area contributed by atoms with Crippen LogP contribution in [0.25, 0.3) is 111 Å². The fourth-order valence-electron chi connectivity index (χ4n) is 11.6. The molecule has 0 aliphatic heterocycles. The van der Waals surface area contributed by atoms with Crippen LogP contribution in [0.4, 0.5) is 0 Å². The van der Waals surface area contributed by atoms with Gasteiger partial charge in [-0.2, -0.15) is 0 Å². The minimum absolute atomic E-state index is 0.0178. The first-order valence-electron chi connectivity index (χ1n) is 22.1. The SMILES string of the molecule is CC1(C)c2ccccc2-c2ccc(-c3ccc4c(c3)C(C)(C)c3cc(-c5ccc(-c6ccc(-c7c8c(cc9ccccc79)-c7cccc9cccc-8c79)cc6)cc5)ccc3-4)cc21. The first-order valence-corrected chi connectivity index (χ1v) is 22.1. The lowest BCUT2D eigenvalue weighted by molar-refractivity contribution is 0.659. The van der Waals surface area contributed by atoms with Gasteiger partial charge in [-0.05, 0) is 157 Å². The van der Waals surface area contributed by atoms with Crippen LogP contribution < -0.4 is 0 Å². The first kappa shape index (κ1) is 35.5. The van der Waals surface area contributed by atoms with Crippen LogP contribution >= 0.6 is 0 Å². The smallest absolute Gasteiger partial charge is 0.0159 e. The molecule has 0 spiro atoms. The van der Waals surface area contributed by atoms with Crippen LogP contribution in [0.5, 0.6) is 0 Å². The molecular formula is C62H44. The molecular weight excluding hydrogens is 745 g/mol. The van der Waals surface area contributed by atoms with Gasteiger partial charge in [-0.15, -0.1) is 0 Å². The third kappa shape index (κ3) is 4.90. The number of hydrogen-bond acceptors (Lipinski definition) is 0. The van der Waals surface area contributed by atoms with E-state index < -0.39 is 0 Å². The van der Waals surface area contributed by atoms with Gasteiger partial charge in [0, 0.05) is 10.8 Å². The lowest BCUT2D eigenvalue weighted by Gasteiger charge is -2.23. The van der Waals surface area contributed by atoms with Crippen LogP contribution in [0.1, 0.15) is 49.9 Å². The summed E-state index contributed by atoms with van der Waals surface area (Å²) in [6.07, 6.45) is 0. The number of hydrogen-bond donors (Lipinski definition) is 0. The van der Waals surface area contributed by atoms with Crippen LogP contribution in [0, 0.1) is 0 Å². The monoisotopic (exact) mass is 788 g/mol. The van der Waals surface area contributed by atoms with E-state index >= 15 is 0 Å². The summed E-state index contributed by atoms with van der Waals surface area (Å²) in [5.74, 6) is 0. The molecule has 292 valence electrons. The number of benzene rings is 10. The Kier molecular flexibility index (Phi) is 7.23. The van der Waals surface area contributed by atoms with Crippen molar-refractivity contribution in [2.45, 2.75) is 38.5 Å². The van der Waals surface area contributed by atoms with Gasteiger partial charge in [0.25, 0.3) is 0 Å². The first-order chi connectivity index (χ1) is 30.2. The summed E-state index contributed by atoms with van der Waals surface area (Å²) < 4.78 is 0. The van der Waals surface area contributed by atoms with Crippen molar-refractivity contribution in [2.75, 3.05) is 0 Å². The quantitative estimate of drug-likeness (QED) is 0.167. The molecule has 0 radical (unpaired) electrons. The Bertz CT molecular complexity index is 3530. The second kappa shape index (κ2) is 12.6. The Morgan fingerprint density at radius 1 is 0.258 bits per heavy atom. The van der Waals surface area contributed by atoms with Crippen LogP contribution in [0.3, 0.4) is 0 Å². The third-order valence-corrected chi connectivity index (χ3v) is 14.8. The molecule has 0 aromatic heterocycles. The maximum atomic E-state index is 2.46. The highest BCUT2D eigenvalue weighted by Crippen LogP contribution is 2.55. The van der Waals surface area contributed by atoms with Gasteiger partial charge in [0.05, 0.1) is 0 Å². The van der Waals surface area contributed by atoms with Crippen molar-refractivity contribution in [3.8, 4) is 89.0 Å². The normalized spacial score (nSPS) is 14.4. The van der Waals surface area contributed by atoms with Crippen molar-refractivity contribution in [2.24, 2.45) is 0 Å². The second-order valence-electron chi connectivity index (χ2n) is 18.8. The number of fused-ring (bicyclic) bond motifs is 10. The van der Waals surface area contributed by atoms with Crippen LogP contribution in [0.2, 0.25) is 0 Å². The molecule has 0 heteroatoms. The van der Waals surface area contributed by atoms with Crippen molar-refractivity contribution in [3.63, 3.8) is 0 Å². The van der Waals surface area contributed by atoms with E-state index in [9.17, 15) is 0 Å². The maximum Gasteiger partial charge on any atom is 0.0159 e. The molecule has 10 aromatic carbocycles. The summed E-state index contributed by atoms with van der Waals surface area (Å²) in [5, 5.41) is 5.24. The Labute approximate surface area is 363 Å². The molecule has 0 saturated heterocycles. The predicted octanol–water partition coefficient (Wildman–Crippen LogP) is 16.9. The van der Waals surface area contributed by atoms with E-state index in [1.165, 1.54) is 133 Å². The van der Waals surface area contributed by atoms with Gasteiger partial charge in [-0.1, -0.05) is 198 Å². The van der Waals surface area contributed by atoms with E-state index in [1.807, 2.05) is 0 Å². The average Bonchev–Trinajstić information content (AvgIpc) is 3.85. The minimum atomic E-state index is -0.121. The van der Waals surface area contributed by atoms with Gasteiger partial charge in [0.1, 0.15) is 0 Å². The summed E-state index contributed by atoms with van der Waals surface area (Å²) in [6, 6.07) is 73.4. The molecule has 13 rings (SSSR count). The van der Waals surface area contributed by atoms with E-state index in [2.05, 4.69) is 222 Å². The largest absolute Gasteiger partial charge is 0.0619 e. The summed E-state index contributed by atoms with van der Waals surface area (Å²) in [7, 11) is 0. The molecule has 3 aliphatic carbocycles. The second-order valence-corrected chi connectivity index (χ2v) is 18.8. The highest BCUT2D eigenvalue weighted by molar-refractivity contribution is 6.22. The lowest BCUT2D eigenvalue weighted by atomic mass is 9.80. The Balaban J connectivity index is 0.804. The Morgan fingerprint density at radius 2 is 0.677 bits per heavy atom. The number of rotatable bonds is 4. The summed E-state index contributed by atoms with van der Waals surface area (Å²) in [5.41, 5.74) is 26.4. The zero-order chi connectivity index (χ0) is 41.5. The molecule has 0 N–H and O–H groups in total. The Hall–Kier alpha value is -7.28. The molecule has 62 heavy (non-hydrogen) atoms. The van der Waals surface area contributed by atoms with Crippen molar-refractivity contribution in [1.29, 1.82) is 0 Å². The van der Waals surface area contributed by atoms with Crippen LogP contribution in [-0.4, -0.2) is 0 Å². The summed E-state index contributed by atoms with van der Waals surface area (Å²) in [6.45, 7) is 9.52. The summed E-state index contributed by atoms with van der Waals surface area (Å²) >= 11 is 0. The van der Waals surface area contributed by atoms with Crippen molar-refractivity contribution in [1.82, 2.24) is 0 Å². The molecule has 0 unspecified atom stereocenters. The molecule has 0 atom stereocenters. The zero-order valence-electron chi connectivity index (χ0n) is 35.5. The van der Waals surface area contributed by atoms with Crippen LogP contribution in [0.15, 0.2) is 194 Å². The van der Waals surface area contributed by atoms with E-state index in [0.29, 0.717) is 0 Å².